The van der Waals surface area contributed by atoms with Crippen molar-refractivity contribution >= 4 is 5.91 Å². The molecule has 2 aromatic carbocycles. The third-order valence-electron chi connectivity index (χ3n) is 4.78. The Morgan fingerprint density at radius 3 is 2.61 bits per heavy atom. The lowest BCUT2D eigenvalue weighted by atomic mass is 9.85. The minimum absolute atomic E-state index is 0.136. The van der Waals surface area contributed by atoms with Crippen LogP contribution in [0.2, 0.25) is 0 Å². The van der Waals surface area contributed by atoms with Gasteiger partial charge in [-0.15, -0.1) is 0 Å². The summed E-state index contributed by atoms with van der Waals surface area (Å²) in [6.45, 7) is 0.431. The molecule has 0 bridgehead atoms. The van der Waals surface area contributed by atoms with Crippen molar-refractivity contribution in [3.63, 3.8) is 0 Å². The molecule has 1 amide bonds. The fraction of sp³-hybridized carbons (Fsp3) is 0.278. The molecule has 0 radical (unpaired) electrons. The Hall–Kier alpha value is -2.53. The first-order valence-electron chi connectivity index (χ1n) is 7.51. The van der Waals surface area contributed by atoms with E-state index >= 15 is 0 Å². The van der Waals surface area contributed by atoms with Crippen LogP contribution in [0.5, 0.6) is 11.5 Å². The number of hydrogen-bond acceptors (Lipinski definition) is 4. The Morgan fingerprint density at radius 1 is 1.09 bits per heavy atom. The highest BCUT2D eigenvalue weighted by molar-refractivity contribution is 6.00. The van der Waals surface area contributed by atoms with Gasteiger partial charge in [-0.05, 0) is 24.6 Å². The molecule has 23 heavy (non-hydrogen) atoms. The second-order valence-corrected chi connectivity index (χ2v) is 5.75. The van der Waals surface area contributed by atoms with E-state index < -0.39 is 5.72 Å². The Bertz CT molecular complexity index is 817. The van der Waals surface area contributed by atoms with E-state index in [2.05, 4.69) is 0 Å². The van der Waals surface area contributed by atoms with Crippen LogP contribution in [0.3, 0.4) is 0 Å². The number of amides is 1. The number of ether oxygens (including phenoxy) is 2. The molecule has 0 saturated heterocycles. The predicted octanol–water partition coefficient (Wildman–Crippen LogP) is 1.91. The van der Waals surface area contributed by atoms with E-state index in [0.29, 0.717) is 41.2 Å². The fourth-order valence-corrected chi connectivity index (χ4v) is 3.75. The quantitative estimate of drug-likeness (QED) is 0.920. The SMILES string of the molecule is COc1ccc2c(c1OC)CCN1C(=O)c3ccccc3[C@@]21O. The maximum atomic E-state index is 12.6. The molecule has 5 nitrogen and oxygen atoms in total. The van der Waals surface area contributed by atoms with Crippen LogP contribution < -0.4 is 9.47 Å². The van der Waals surface area contributed by atoms with Gasteiger partial charge in [0.15, 0.2) is 17.2 Å². The molecule has 2 aliphatic heterocycles. The highest BCUT2D eigenvalue weighted by atomic mass is 16.5. The van der Waals surface area contributed by atoms with Crippen LogP contribution in [0.15, 0.2) is 36.4 Å². The smallest absolute Gasteiger partial charge is 0.257 e. The number of carbonyl (C=O) groups is 1. The van der Waals surface area contributed by atoms with Crippen LogP contribution in [0.25, 0.3) is 0 Å². The molecule has 5 heteroatoms. The normalized spacial score (nSPS) is 21.5. The molecule has 118 valence electrons. The summed E-state index contributed by atoms with van der Waals surface area (Å²) in [6, 6.07) is 10.8. The van der Waals surface area contributed by atoms with E-state index in [1.54, 1.807) is 32.4 Å². The van der Waals surface area contributed by atoms with Gasteiger partial charge in [0.2, 0.25) is 0 Å². The second-order valence-electron chi connectivity index (χ2n) is 5.75. The molecule has 2 aromatic rings. The van der Waals surface area contributed by atoms with Crippen molar-refractivity contribution in [2.75, 3.05) is 20.8 Å². The van der Waals surface area contributed by atoms with Gasteiger partial charge in [-0.1, -0.05) is 18.2 Å². The maximum absolute atomic E-state index is 12.6. The van der Waals surface area contributed by atoms with Gasteiger partial charge in [-0.3, -0.25) is 4.79 Å². The first-order valence-corrected chi connectivity index (χ1v) is 7.51. The highest BCUT2D eigenvalue weighted by Gasteiger charge is 2.53. The van der Waals surface area contributed by atoms with Crippen LogP contribution in [-0.4, -0.2) is 36.7 Å². The molecule has 0 aliphatic carbocycles. The van der Waals surface area contributed by atoms with Crippen LogP contribution in [0.1, 0.15) is 27.0 Å². The molecular formula is C18H17NO4. The molecular weight excluding hydrogens is 294 g/mol. The number of carbonyl (C=O) groups excluding carboxylic acids is 1. The molecule has 1 N–H and O–H groups in total. The largest absolute Gasteiger partial charge is 0.493 e. The number of fused-ring (bicyclic) bond motifs is 5. The number of rotatable bonds is 2. The van der Waals surface area contributed by atoms with Crippen LogP contribution in [0, 0.1) is 0 Å². The van der Waals surface area contributed by atoms with Crippen LogP contribution in [-0.2, 0) is 12.1 Å². The molecule has 4 rings (SSSR count). The molecule has 0 saturated carbocycles. The summed E-state index contributed by atoms with van der Waals surface area (Å²) < 4.78 is 10.9. The fourth-order valence-electron chi connectivity index (χ4n) is 3.75. The number of aliphatic hydroxyl groups is 1. The van der Waals surface area contributed by atoms with Crippen molar-refractivity contribution in [3.8, 4) is 11.5 Å². The lowest BCUT2D eigenvalue weighted by Crippen LogP contribution is -2.49. The van der Waals surface area contributed by atoms with Gasteiger partial charge in [0.1, 0.15) is 0 Å². The first-order chi connectivity index (χ1) is 11.1. The number of benzene rings is 2. The Balaban J connectivity index is 2.01. The van der Waals surface area contributed by atoms with Crippen molar-refractivity contribution in [2.24, 2.45) is 0 Å². The zero-order valence-corrected chi connectivity index (χ0v) is 13.0. The summed E-state index contributed by atoms with van der Waals surface area (Å²) in [5.74, 6) is 1.11. The van der Waals surface area contributed by atoms with Gasteiger partial charge in [-0.2, -0.15) is 0 Å². The Kier molecular flexibility index (Phi) is 2.90. The van der Waals surface area contributed by atoms with E-state index in [4.69, 9.17) is 9.47 Å². The number of methoxy groups -OCH3 is 2. The number of hydrogen-bond donors (Lipinski definition) is 1. The molecule has 0 aromatic heterocycles. The van der Waals surface area contributed by atoms with E-state index in [0.717, 1.165) is 5.56 Å². The van der Waals surface area contributed by atoms with Crippen molar-refractivity contribution in [1.29, 1.82) is 0 Å². The lowest BCUT2D eigenvalue weighted by molar-refractivity contribution is -0.0566. The zero-order valence-electron chi connectivity index (χ0n) is 13.0. The van der Waals surface area contributed by atoms with Crippen molar-refractivity contribution in [2.45, 2.75) is 12.1 Å². The Morgan fingerprint density at radius 2 is 1.87 bits per heavy atom. The molecule has 2 aliphatic rings. The van der Waals surface area contributed by atoms with E-state index in [9.17, 15) is 9.90 Å². The van der Waals surface area contributed by atoms with Gasteiger partial charge in [0.05, 0.1) is 14.2 Å². The summed E-state index contributed by atoms with van der Waals surface area (Å²) in [6.07, 6.45) is 0.609. The van der Waals surface area contributed by atoms with Gasteiger partial charge >= 0.3 is 0 Å². The minimum Gasteiger partial charge on any atom is -0.493 e. The van der Waals surface area contributed by atoms with Gasteiger partial charge in [0.25, 0.3) is 5.91 Å². The summed E-state index contributed by atoms with van der Waals surface area (Å²) in [5.41, 5.74) is 1.30. The van der Waals surface area contributed by atoms with Crippen LogP contribution >= 0.6 is 0 Å². The average Bonchev–Trinajstić information content (AvgIpc) is 2.82. The molecule has 0 spiro atoms. The zero-order chi connectivity index (χ0) is 16.2. The molecule has 2 heterocycles. The topological polar surface area (TPSA) is 59.0 Å². The highest BCUT2D eigenvalue weighted by Crippen LogP contribution is 2.49. The second kappa shape index (κ2) is 4.73. The summed E-state index contributed by atoms with van der Waals surface area (Å²) in [5, 5.41) is 11.5. The number of nitrogens with zero attached hydrogens (tertiary/aromatic N) is 1. The molecule has 1 atom stereocenters. The van der Waals surface area contributed by atoms with E-state index in [-0.39, 0.29) is 5.91 Å². The van der Waals surface area contributed by atoms with Crippen molar-refractivity contribution < 1.29 is 19.4 Å². The minimum atomic E-state index is -1.44. The van der Waals surface area contributed by atoms with Gasteiger partial charge in [0, 0.05) is 28.8 Å². The third-order valence-corrected chi connectivity index (χ3v) is 4.78. The van der Waals surface area contributed by atoms with Crippen LogP contribution in [0.4, 0.5) is 0 Å². The van der Waals surface area contributed by atoms with Gasteiger partial charge < -0.3 is 19.5 Å². The molecule has 0 unspecified atom stereocenters. The van der Waals surface area contributed by atoms with E-state index in [1.165, 1.54) is 4.90 Å². The molecule has 0 fully saturated rings. The maximum Gasteiger partial charge on any atom is 0.257 e. The monoisotopic (exact) mass is 311 g/mol. The first kappa shape index (κ1) is 14.1. The predicted molar refractivity (Wildman–Crippen MR) is 83.7 cm³/mol. The van der Waals surface area contributed by atoms with Crippen molar-refractivity contribution in [1.82, 2.24) is 4.90 Å². The Labute approximate surface area is 134 Å². The lowest BCUT2D eigenvalue weighted by Gasteiger charge is -2.40. The summed E-state index contributed by atoms with van der Waals surface area (Å²) in [4.78, 5) is 14.2. The third kappa shape index (κ3) is 1.63. The van der Waals surface area contributed by atoms with E-state index in [1.807, 2.05) is 18.2 Å². The summed E-state index contributed by atoms with van der Waals surface area (Å²) in [7, 11) is 3.17. The van der Waals surface area contributed by atoms with Gasteiger partial charge in [-0.25, -0.2) is 0 Å². The average molecular weight is 311 g/mol. The van der Waals surface area contributed by atoms with Crippen molar-refractivity contribution in [3.05, 3.63) is 58.7 Å². The standard InChI is InChI=1S/C18H17NO4/c1-22-15-8-7-14-11(16(15)23-2)9-10-19-17(20)12-5-3-4-6-13(12)18(14,19)21/h3-8,21H,9-10H2,1-2H3/t18-/m1/s1. The summed E-state index contributed by atoms with van der Waals surface area (Å²) >= 11 is 0.